The molecule has 2 amide bonds. The molecule has 0 bridgehead atoms. The highest BCUT2D eigenvalue weighted by molar-refractivity contribution is 5.76. The average Bonchev–Trinajstić information content (AvgIpc) is 2.65. The van der Waals surface area contributed by atoms with Crippen LogP contribution in [0.3, 0.4) is 0 Å². The number of hydrogen-bond acceptors (Lipinski definition) is 4. The lowest BCUT2D eigenvalue weighted by atomic mass is 9.87. The van der Waals surface area contributed by atoms with Gasteiger partial charge in [0.25, 0.3) is 0 Å². The van der Waals surface area contributed by atoms with Crippen LogP contribution in [-0.4, -0.2) is 49.6 Å². The van der Waals surface area contributed by atoms with Crippen LogP contribution in [0, 0.1) is 0 Å². The van der Waals surface area contributed by atoms with Gasteiger partial charge in [-0.2, -0.15) is 0 Å². The van der Waals surface area contributed by atoms with Crippen molar-refractivity contribution in [3.63, 3.8) is 0 Å². The largest absolute Gasteiger partial charge is 0.496 e. The second-order valence-electron chi connectivity index (χ2n) is 6.52. The van der Waals surface area contributed by atoms with Gasteiger partial charge in [0, 0.05) is 45.7 Å². The van der Waals surface area contributed by atoms with Gasteiger partial charge >= 0.3 is 0 Å². The van der Waals surface area contributed by atoms with Gasteiger partial charge < -0.3 is 19.7 Å². The number of likely N-dealkylation sites (tertiary alicyclic amines) is 1. The molecular formula is C19H28N2O4. The molecule has 2 rings (SSSR count). The molecule has 6 nitrogen and oxygen atoms in total. The summed E-state index contributed by atoms with van der Waals surface area (Å²) in [6.45, 7) is 3.33. The minimum Gasteiger partial charge on any atom is -0.496 e. The number of carbonyl (C=O) groups excluding carboxylic acids is 2. The molecule has 0 aliphatic carbocycles. The van der Waals surface area contributed by atoms with Crippen molar-refractivity contribution < 1.29 is 19.1 Å². The smallest absolute Gasteiger partial charge is 0.220 e. The van der Waals surface area contributed by atoms with Gasteiger partial charge in [-0.15, -0.1) is 0 Å². The van der Waals surface area contributed by atoms with E-state index in [0.29, 0.717) is 25.9 Å². The Hall–Kier alpha value is -2.08. The summed E-state index contributed by atoms with van der Waals surface area (Å²) < 4.78 is 11.0. The maximum atomic E-state index is 12.2. The lowest BCUT2D eigenvalue weighted by Gasteiger charge is -2.41. The summed E-state index contributed by atoms with van der Waals surface area (Å²) in [5.41, 5.74) is 0.520. The second kappa shape index (κ2) is 8.85. The molecule has 1 aromatic carbocycles. The molecule has 0 spiro atoms. The fourth-order valence-corrected chi connectivity index (χ4v) is 3.31. The number of methoxy groups -OCH3 is 2. The van der Waals surface area contributed by atoms with Crippen LogP contribution < -0.4 is 10.1 Å². The maximum absolute atomic E-state index is 12.2. The molecular weight excluding hydrogens is 320 g/mol. The SMILES string of the molecule is COc1ccccc1CNC(=O)CC[C@]1(OC)CCCN(C(C)=O)C1. The highest BCUT2D eigenvalue weighted by Crippen LogP contribution is 2.29. The van der Waals surface area contributed by atoms with Gasteiger partial charge in [0.2, 0.25) is 11.8 Å². The Morgan fingerprint density at radius 3 is 2.72 bits per heavy atom. The van der Waals surface area contributed by atoms with Crippen molar-refractivity contribution in [3.05, 3.63) is 29.8 Å². The van der Waals surface area contributed by atoms with Crippen molar-refractivity contribution in [1.29, 1.82) is 0 Å². The van der Waals surface area contributed by atoms with E-state index in [9.17, 15) is 9.59 Å². The van der Waals surface area contributed by atoms with Crippen molar-refractivity contribution in [3.8, 4) is 5.75 Å². The van der Waals surface area contributed by atoms with Crippen molar-refractivity contribution in [2.75, 3.05) is 27.3 Å². The van der Waals surface area contributed by atoms with Crippen LogP contribution in [0.25, 0.3) is 0 Å². The van der Waals surface area contributed by atoms with Gasteiger partial charge in [0.1, 0.15) is 5.75 Å². The number of para-hydroxylation sites is 1. The predicted molar refractivity (Wildman–Crippen MR) is 95.3 cm³/mol. The van der Waals surface area contributed by atoms with Crippen LogP contribution in [-0.2, 0) is 20.9 Å². The molecule has 1 aliphatic rings. The minimum atomic E-state index is -0.425. The number of carbonyl (C=O) groups is 2. The highest BCUT2D eigenvalue weighted by atomic mass is 16.5. The zero-order valence-corrected chi connectivity index (χ0v) is 15.3. The highest BCUT2D eigenvalue weighted by Gasteiger charge is 2.36. The van der Waals surface area contributed by atoms with E-state index >= 15 is 0 Å². The summed E-state index contributed by atoms with van der Waals surface area (Å²) in [5.74, 6) is 0.796. The zero-order valence-electron chi connectivity index (χ0n) is 15.3. The lowest BCUT2D eigenvalue weighted by Crippen LogP contribution is -2.51. The van der Waals surface area contributed by atoms with E-state index in [0.717, 1.165) is 30.7 Å². The molecule has 25 heavy (non-hydrogen) atoms. The van der Waals surface area contributed by atoms with Crippen LogP contribution in [0.1, 0.15) is 38.2 Å². The van der Waals surface area contributed by atoms with Crippen LogP contribution in [0.5, 0.6) is 5.75 Å². The lowest BCUT2D eigenvalue weighted by molar-refractivity contribution is -0.139. The monoisotopic (exact) mass is 348 g/mol. The molecule has 0 saturated carbocycles. The van der Waals surface area contributed by atoms with Gasteiger partial charge in [-0.3, -0.25) is 9.59 Å². The summed E-state index contributed by atoms with van der Waals surface area (Å²) in [5, 5.41) is 2.93. The molecule has 1 atom stereocenters. The van der Waals surface area contributed by atoms with Crippen molar-refractivity contribution >= 4 is 11.8 Å². The number of nitrogens with one attached hydrogen (secondary N) is 1. The summed E-state index contributed by atoms with van der Waals surface area (Å²) in [4.78, 5) is 25.7. The van der Waals surface area contributed by atoms with Gasteiger partial charge in [-0.1, -0.05) is 18.2 Å². The number of hydrogen-bond donors (Lipinski definition) is 1. The van der Waals surface area contributed by atoms with Gasteiger partial charge in [0.15, 0.2) is 0 Å². The molecule has 0 aromatic heterocycles. The number of ether oxygens (including phenoxy) is 2. The van der Waals surface area contributed by atoms with Crippen LogP contribution in [0.4, 0.5) is 0 Å². The van der Waals surface area contributed by atoms with E-state index in [4.69, 9.17) is 9.47 Å². The summed E-state index contributed by atoms with van der Waals surface area (Å²) in [7, 11) is 3.28. The minimum absolute atomic E-state index is 0.0257. The number of piperidine rings is 1. The molecule has 1 aromatic rings. The number of benzene rings is 1. The molecule has 6 heteroatoms. The summed E-state index contributed by atoms with van der Waals surface area (Å²) in [6, 6.07) is 7.63. The van der Waals surface area contributed by atoms with Crippen LogP contribution >= 0.6 is 0 Å². The first-order valence-electron chi connectivity index (χ1n) is 8.69. The third-order valence-electron chi connectivity index (χ3n) is 4.89. The van der Waals surface area contributed by atoms with E-state index in [1.165, 1.54) is 0 Å². The fraction of sp³-hybridized carbons (Fsp3) is 0.579. The maximum Gasteiger partial charge on any atom is 0.220 e. The van der Waals surface area contributed by atoms with Crippen molar-refractivity contribution in [1.82, 2.24) is 10.2 Å². The molecule has 138 valence electrons. The Balaban J connectivity index is 1.86. The molecule has 1 fully saturated rings. The van der Waals surface area contributed by atoms with E-state index in [1.807, 2.05) is 24.3 Å². The van der Waals surface area contributed by atoms with Gasteiger partial charge in [-0.05, 0) is 25.3 Å². The first-order valence-corrected chi connectivity index (χ1v) is 8.69. The normalized spacial score (nSPS) is 20.2. The van der Waals surface area contributed by atoms with E-state index in [2.05, 4.69) is 5.32 Å². The summed E-state index contributed by atoms with van der Waals surface area (Å²) >= 11 is 0. The fourth-order valence-electron chi connectivity index (χ4n) is 3.31. The van der Waals surface area contributed by atoms with E-state index in [-0.39, 0.29) is 11.8 Å². The van der Waals surface area contributed by atoms with Gasteiger partial charge in [0.05, 0.1) is 12.7 Å². The summed E-state index contributed by atoms with van der Waals surface area (Å²) in [6.07, 6.45) is 2.74. The van der Waals surface area contributed by atoms with E-state index in [1.54, 1.807) is 26.0 Å². The Morgan fingerprint density at radius 2 is 2.04 bits per heavy atom. The number of amides is 2. The molecule has 1 heterocycles. The molecule has 1 saturated heterocycles. The third-order valence-corrected chi connectivity index (χ3v) is 4.89. The first-order chi connectivity index (χ1) is 12.0. The zero-order chi connectivity index (χ0) is 18.3. The Kier molecular flexibility index (Phi) is 6.82. The van der Waals surface area contributed by atoms with Crippen molar-refractivity contribution in [2.45, 2.75) is 44.8 Å². The van der Waals surface area contributed by atoms with Crippen LogP contribution in [0.2, 0.25) is 0 Å². The number of rotatable bonds is 7. The molecule has 1 N–H and O–H groups in total. The standard InChI is InChI=1S/C19H28N2O4/c1-15(22)21-12-6-10-19(14-21,25-3)11-9-18(23)20-13-16-7-4-5-8-17(16)24-2/h4-5,7-8H,6,9-14H2,1-3H3,(H,20,23)/t19-/m1/s1. The molecule has 1 aliphatic heterocycles. The first kappa shape index (κ1) is 19.2. The Labute approximate surface area is 149 Å². The third kappa shape index (κ3) is 5.19. The predicted octanol–water partition coefficient (Wildman–Crippen LogP) is 2.12. The topological polar surface area (TPSA) is 67.9 Å². The van der Waals surface area contributed by atoms with Gasteiger partial charge in [-0.25, -0.2) is 0 Å². The van der Waals surface area contributed by atoms with Crippen LogP contribution in [0.15, 0.2) is 24.3 Å². The second-order valence-corrected chi connectivity index (χ2v) is 6.52. The molecule has 0 radical (unpaired) electrons. The Morgan fingerprint density at radius 1 is 1.28 bits per heavy atom. The molecule has 0 unspecified atom stereocenters. The Bertz CT molecular complexity index is 605. The van der Waals surface area contributed by atoms with E-state index < -0.39 is 5.60 Å². The average molecular weight is 348 g/mol. The van der Waals surface area contributed by atoms with Crippen molar-refractivity contribution in [2.24, 2.45) is 0 Å². The quantitative estimate of drug-likeness (QED) is 0.820. The number of nitrogens with zero attached hydrogens (tertiary/aromatic N) is 1.